The van der Waals surface area contributed by atoms with E-state index in [4.69, 9.17) is 12.2 Å². The molecule has 1 saturated carbocycles. The molecule has 0 aromatic carbocycles. The highest BCUT2D eigenvalue weighted by Crippen LogP contribution is 2.36. The molecule has 1 aromatic rings. The molecule has 1 aromatic heterocycles. The van der Waals surface area contributed by atoms with Gasteiger partial charge in [0.15, 0.2) is 10.6 Å². The molecule has 2 unspecified atom stereocenters. The molecule has 3 aliphatic rings. The minimum absolute atomic E-state index is 0.0287. The van der Waals surface area contributed by atoms with Crippen LogP contribution < -0.4 is 0 Å². The van der Waals surface area contributed by atoms with Crippen LogP contribution in [0.5, 0.6) is 0 Å². The Hall–Kier alpha value is -0.760. The molecule has 7 heteroatoms. The number of hydrogen-bond donors (Lipinski definition) is 1. The third kappa shape index (κ3) is 2.54. The molecule has 4 rings (SSSR count). The molecule has 2 aliphatic heterocycles. The van der Waals surface area contributed by atoms with Crippen molar-refractivity contribution < 1.29 is 5.11 Å². The van der Waals surface area contributed by atoms with Crippen LogP contribution in [0.4, 0.5) is 0 Å². The first kappa shape index (κ1) is 14.8. The molecule has 0 amide bonds. The summed E-state index contributed by atoms with van der Waals surface area (Å²) in [4.78, 5) is 5.12. The lowest BCUT2D eigenvalue weighted by Gasteiger charge is -2.42. The highest BCUT2D eigenvalue weighted by molar-refractivity contribution is 7.71. The van der Waals surface area contributed by atoms with Gasteiger partial charge in [0.05, 0.1) is 6.67 Å². The molecular weight excluding hydrogens is 298 g/mol. The van der Waals surface area contributed by atoms with E-state index in [0.717, 1.165) is 43.2 Å². The summed E-state index contributed by atoms with van der Waals surface area (Å²) in [5, 5.41) is 14.1. The topological polar surface area (TPSA) is 49.5 Å². The standard InChI is InChI=1S/C15H25N5OS/c1-11-7-17-6-2-3-13(17)8-18(11)10-19-15(22)20(12-4-5-12)14(9-21)16-19/h11-13,21H,2-10H2,1H3. The normalized spacial score (nSPS) is 29.9. The van der Waals surface area contributed by atoms with Gasteiger partial charge >= 0.3 is 0 Å². The van der Waals surface area contributed by atoms with Crippen molar-refractivity contribution in [3.63, 3.8) is 0 Å². The molecule has 2 saturated heterocycles. The van der Waals surface area contributed by atoms with E-state index in [1.807, 2.05) is 4.68 Å². The van der Waals surface area contributed by atoms with Crippen LogP contribution in [-0.2, 0) is 13.3 Å². The average molecular weight is 323 g/mol. The van der Waals surface area contributed by atoms with E-state index in [1.165, 1.54) is 19.4 Å². The predicted octanol–water partition coefficient (Wildman–Crippen LogP) is 1.37. The quantitative estimate of drug-likeness (QED) is 0.848. The number of hydrogen-bond acceptors (Lipinski definition) is 5. The molecule has 0 spiro atoms. The smallest absolute Gasteiger partial charge is 0.199 e. The average Bonchev–Trinajstić information content (AvgIpc) is 3.16. The second kappa shape index (κ2) is 5.70. The lowest BCUT2D eigenvalue weighted by atomic mass is 10.1. The zero-order valence-electron chi connectivity index (χ0n) is 13.2. The monoisotopic (exact) mass is 323 g/mol. The number of nitrogens with zero attached hydrogens (tertiary/aromatic N) is 5. The van der Waals surface area contributed by atoms with Crippen LogP contribution >= 0.6 is 12.2 Å². The molecule has 0 radical (unpaired) electrons. The number of rotatable bonds is 4. The summed E-state index contributed by atoms with van der Waals surface area (Å²) in [7, 11) is 0. The van der Waals surface area contributed by atoms with Gasteiger partial charge in [0.2, 0.25) is 0 Å². The molecule has 6 nitrogen and oxygen atoms in total. The van der Waals surface area contributed by atoms with Crippen molar-refractivity contribution in [3.8, 4) is 0 Å². The summed E-state index contributed by atoms with van der Waals surface area (Å²) < 4.78 is 4.75. The molecule has 122 valence electrons. The third-order valence-electron chi connectivity index (χ3n) is 5.38. The van der Waals surface area contributed by atoms with Gasteiger partial charge in [-0.3, -0.25) is 14.4 Å². The Kier molecular flexibility index (Phi) is 3.84. The maximum Gasteiger partial charge on any atom is 0.199 e. The molecular formula is C15H25N5OS. The van der Waals surface area contributed by atoms with Crippen LogP contribution in [0.3, 0.4) is 0 Å². The van der Waals surface area contributed by atoms with E-state index < -0.39 is 0 Å². The van der Waals surface area contributed by atoms with Gasteiger partial charge in [0.25, 0.3) is 0 Å². The van der Waals surface area contributed by atoms with Crippen molar-refractivity contribution in [2.45, 2.75) is 64.0 Å². The Morgan fingerprint density at radius 3 is 2.77 bits per heavy atom. The van der Waals surface area contributed by atoms with Crippen molar-refractivity contribution in [2.24, 2.45) is 0 Å². The summed E-state index contributed by atoms with van der Waals surface area (Å²) in [6.45, 7) is 6.52. The maximum atomic E-state index is 9.55. The second-order valence-electron chi connectivity index (χ2n) is 7.01. The van der Waals surface area contributed by atoms with Crippen molar-refractivity contribution >= 4 is 12.2 Å². The van der Waals surface area contributed by atoms with Crippen molar-refractivity contribution in [2.75, 3.05) is 19.6 Å². The minimum Gasteiger partial charge on any atom is -0.388 e. The fourth-order valence-electron chi connectivity index (χ4n) is 3.98. The zero-order valence-corrected chi connectivity index (χ0v) is 14.0. The van der Waals surface area contributed by atoms with Crippen LogP contribution in [-0.4, -0.2) is 61.0 Å². The Morgan fingerprint density at radius 1 is 1.23 bits per heavy atom. The summed E-state index contributed by atoms with van der Waals surface area (Å²) in [6.07, 6.45) is 4.96. The van der Waals surface area contributed by atoms with Gasteiger partial charge < -0.3 is 5.11 Å². The lowest BCUT2D eigenvalue weighted by molar-refractivity contribution is 0.0337. The predicted molar refractivity (Wildman–Crippen MR) is 86.0 cm³/mol. The van der Waals surface area contributed by atoms with Gasteiger partial charge in [-0.2, -0.15) is 5.10 Å². The van der Waals surface area contributed by atoms with Gasteiger partial charge in [-0.25, -0.2) is 4.68 Å². The van der Waals surface area contributed by atoms with Gasteiger partial charge in [-0.1, -0.05) is 0 Å². The van der Waals surface area contributed by atoms with Gasteiger partial charge in [-0.15, -0.1) is 0 Å². The summed E-state index contributed by atoms with van der Waals surface area (Å²) in [5.41, 5.74) is 0. The Bertz CT molecular complexity index is 608. The van der Waals surface area contributed by atoms with Crippen LogP contribution in [0.15, 0.2) is 0 Å². The maximum absolute atomic E-state index is 9.55. The van der Waals surface area contributed by atoms with Crippen molar-refractivity contribution in [1.82, 2.24) is 24.1 Å². The first-order chi connectivity index (χ1) is 10.7. The zero-order chi connectivity index (χ0) is 15.3. The first-order valence-corrected chi connectivity index (χ1v) is 8.85. The Labute approximate surface area is 136 Å². The van der Waals surface area contributed by atoms with Crippen molar-refractivity contribution in [1.29, 1.82) is 0 Å². The first-order valence-electron chi connectivity index (χ1n) is 8.44. The number of fused-ring (bicyclic) bond motifs is 1. The molecule has 1 N–H and O–H groups in total. The van der Waals surface area contributed by atoms with E-state index in [1.54, 1.807) is 0 Å². The van der Waals surface area contributed by atoms with Gasteiger partial charge in [0.1, 0.15) is 6.61 Å². The fourth-order valence-corrected chi connectivity index (χ4v) is 4.33. The van der Waals surface area contributed by atoms with Crippen LogP contribution in [0.25, 0.3) is 0 Å². The van der Waals surface area contributed by atoms with Gasteiger partial charge in [0, 0.05) is 31.2 Å². The Morgan fingerprint density at radius 2 is 2.05 bits per heavy atom. The lowest BCUT2D eigenvalue weighted by Crippen LogP contribution is -2.55. The van der Waals surface area contributed by atoms with Gasteiger partial charge in [-0.05, 0) is 51.4 Å². The number of aromatic nitrogens is 3. The minimum atomic E-state index is -0.0287. The van der Waals surface area contributed by atoms with E-state index in [2.05, 4.69) is 26.4 Å². The highest BCUT2D eigenvalue weighted by Gasteiger charge is 2.35. The molecule has 1 aliphatic carbocycles. The molecule has 3 fully saturated rings. The van der Waals surface area contributed by atoms with Crippen LogP contribution in [0.2, 0.25) is 0 Å². The highest BCUT2D eigenvalue weighted by atomic mass is 32.1. The third-order valence-corrected chi connectivity index (χ3v) is 5.78. The second-order valence-corrected chi connectivity index (χ2v) is 7.38. The SMILES string of the molecule is CC1CN2CCCC2CN1Cn1nc(CO)n(C2CC2)c1=S. The number of aliphatic hydroxyl groups excluding tert-OH is 1. The van der Waals surface area contributed by atoms with E-state index in [9.17, 15) is 5.11 Å². The molecule has 2 atom stereocenters. The summed E-state index contributed by atoms with van der Waals surface area (Å²) >= 11 is 5.61. The molecule has 22 heavy (non-hydrogen) atoms. The largest absolute Gasteiger partial charge is 0.388 e. The van der Waals surface area contributed by atoms with Crippen LogP contribution in [0, 0.1) is 4.77 Å². The summed E-state index contributed by atoms with van der Waals surface area (Å²) in [6, 6.07) is 1.70. The van der Waals surface area contributed by atoms with Crippen LogP contribution in [0.1, 0.15) is 44.5 Å². The van der Waals surface area contributed by atoms with Crippen molar-refractivity contribution in [3.05, 3.63) is 10.6 Å². The molecule has 3 heterocycles. The van der Waals surface area contributed by atoms with E-state index in [-0.39, 0.29) is 6.61 Å². The fraction of sp³-hybridized carbons (Fsp3) is 0.867. The number of piperazine rings is 1. The molecule has 0 bridgehead atoms. The number of aliphatic hydroxyl groups is 1. The Balaban J connectivity index is 1.54. The van der Waals surface area contributed by atoms with E-state index >= 15 is 0 Å². The van der Waals surface area contributed by atoms with E-state index in [0.29, 0.717) is 18.1 Å². The summed E-state index contributed by atoms with van der Waals surface area (Å²) in [5.74, 6) is 0.722.